The fourth-order valence-electron chi connectivity index (χ4n) is 4.55. The number of hydrogen-bond donors (Lipinski definition) is 0. The number of benzene rings is 1. The summed E-state index contributed by atoms with van der Waals surface area (Å²) in [5.41, 5.74) is 3.66. The van der Waals surface area contributed by atoms with E-state index in [1.807, 2.05) is 57.3 Å². The van der Waals surface area contributed by atoms with E-state index >= 15 is 0 Å². The van der Waals surface area contributed by atoms with Crippen molar-refractivity contribution >= 4 is 22.2 Å². The van der Waals surface area contributed by atoms with Crippen molar-refractivity contribution in [3.8, 4) is 0 Å². The van der Waals surface area contributed by atoms with E-state index in [4.69, 9.17) is 14.5 Å². The highest BCUT2D eigenvalue weighted by Crippen LogP contribution is 2.23. The zero-order valence-electron chi connectivity index (χ0n) is 20.1. The van der Waals surface area contributed by atoms with Gasteiger partial charge in [0.25, 0.3) is 5.56 Å². The third-order valence-corrected chi connectivity index (χ3v) is 6.61. The smallest absolute Gasteiger partial charge is 0.261 e. The van der Waals surface area contributed by atoms with Crippen molar-refractivity contribution in [2.75, 3.05) is 31.7 Å². The maximum atomic E-state index is 13.3. The average molecular weight is 463 g/mol. The third kappa shape index (κ3) is 4.28. The Balaban J connectivity index is 1.38. The van der Waals surface area contributed by atoms with Crippen LogP contribution < -0.4 is 10.5 Å². The van der Waals surface area contributed by atoms with Gasteiger partial charge >= 0.3 is 0 Å². The lowest BCUT2D eigenvalue weighted by molar-refractivity contribution is -0.0539. The van der Waals surface area contributed by atoms with E-state index < -0.39 is 0 Å². The molecule has 3 aromatic heterocycles. The molecule has 1 saturated heterocycles. The van der Waals surface area contributed by atoms with E-state index in [2.05, 4.69) is 15.0 Å². The maximum absolute atomic E-state index is 13.3. The molecule has 1 aromatic carbocycles. The van der Waals surface area contributed by atoms with Gasteiger partial charge in [-0.3, -0.25) is 9.36 Å². The molecule has 0 amide bonds. The summed E-state index contributed by atoms with van der Waals surface area (Å²) >= 11 is 0. The van der Waals surface area contributed by atoms with Crippen molar-refractivity contribution in [1.29, 1.82) is 0 Å². The third-order valence-electron chi connectivity index (χ3n) is 6.61. The molecule has 9 heteroatoms. The van der Waals surface area contributed by atoms with Crippen LogP contribution in [-0.2, 0) is 22.4 Å². The van der Waals surface area contributed by atoms with Gasteiger partial charge in [0.05, 0.1) is 23.6 Å². The Morgan fingerprint density at radius 3 is 2.88 bits per heavy atom. The van der Waals surface area contributed by atoms with Gasteiger partial charge in [-0.15, -0.1) is 0 Å². The van der Waals surface area contributed by atoms with Gasteiger partial charge in [-0.1, -0.05) is 6.07 Å². The van der Waals surface area contributed by atoms with E-state index in [0.717, 1.165) is 41.3 Å². The molecule has 5 rings (SSSR count). The van der Waals surface area contributed by atoms with Crippen LogP contribution in [0.3, 0.4) is 0 Å². The summed E-state index contributed by atoms with van der Waals surface area (Å²) in [6.07, 6.45) is 2.70. The molecule has 0 bridgehead atoms. The molecule has 4 heterocycles. The van der Waals surface area contributed by atoms with Gasteiger partial charge in [0.2, 0.25) is 0 Å². The molecule has 2 atom stereocenters. The van der Waals surface area contributed by atoms with Crippen molar-refractivity contribution in [1.82, 2.24) is 24.1 Å². The quantitative estimate of drug-likeness (QED) is 0.435. The predicted molar refractivity (Wildman–Crippen MR) is 131 cm³/mol. The fraction of sp³-hybridized carbons (Fsp3) is 0.440. The number of hydrogen-bond acceptors (Lipinski definition) is 7. The zero-order chi connectivity index (χ0) is 23.8. The van der Waals surface area contributed by atoms with Gasteiger partial charge in [-0.2, -0.15) is 5.10 Å². The van der Waals surface area contributed by atoms with Gasteiger partial charge in [0.1, 0.15) is 17.8 Å². The van der Waals surface area contributed by atoms with Crippen LogP contribution in [0.25, 0.3) is 16.6 Å². The standard InChI is InChI=1S/C25H30N6O3/c1-16(33-4)23-15-29(11-12-34-23)20-6-7-21-22(13-20)27-18(3)30(25(21)32)10-9-19-5-8-24-26-17(2)28-31(24)14-19/h5-8,13-14,16,23H,9-12,15H2,1-4H3/t16-,23+/m0/s1. The van der Waals surface area contributed by atoms with Gasteiger partial charge in [0.15, 0.2) is 5.65 Å². The predicted octanol–water partition coefficient (Wildman–Crippen LogP) is 2.54. The molecule has 0 N–H and O–H groups in total. The number of methoxy groups -OCH3 is 1. The minimum Gasteiger partial charge on any atom is -0.379 e. The number of anilines is 1. The van der Waals surface area contributed by atoms with E-state index in [-0.39, 0.29) is 17.8 Å². The minimum atomic E-state index is -0.0143. The van der Waals surface area contributed by atoms with Crippen molar-refractivity contribution in [3.63, 3.8) is 0 Å². The molecule has 0 spiro atoms. The monoisotopic (exact) mass is 462 g/mol. The molecular formula is C25H30N6O3. The van der Waals surface area contributed by atoms with Crippen LogP contribution in [0.4, 0.5) is 5.69 Å². The van der Waals surface area contributed by atoms with Gasteiger partial charge in [-0.05, 0) is 57.0 Å². The molecular weight excluding hydrogens is 432 g/mol. The average Bonchev–Trinajstić information content (AvgIpc) is 3.22. The molecule has 1 aliphatic rings. The topological polar surface area (TPSA) is 86.8 Å². The van der Waals surface area contributed by atoms with Gasteiger partial charge < -0.3 is 14.4 Å². The molecule has 0 unspecified atom stereocenters. The lowest BCUT2D eigenvalue weighted by Crippen LogP contribution is -2.47. The van der Waals surface area contributed by atoms with Crippen molar-refractivity contribution in [2.45, 2.75) is 45.9 Å². The minimum absolute atomic E-state index is 0.0119. The number of ether oxygens (including phenoxy) is 2. The van der Waals surface area contributed by atoms with Crippen LogP contribution in [0.2, 0.25) is 0 Å². The van der Waals surface area contributed by atoms with Crippen molar-refractivity contribution in [3.05, 3.63) is 64.1 Å². The Kier molecular flexibility index (Phi) is 6.05. The second-order valence-corrected chi connectivity index (χ2v) is 8.86. The second kappa shape index (κ2) is 9.15. The van der Waals surface area contributed by atoms with Crippen molar-refractivity contribution in [2.24, 2.45) is 0 Å². The Labute approximate surface area is 198 Å². The summed E-state index contributed by atoms with van der Waals surface area (Å²) in [7, 11) is 1.70. The largest absolute Gasteiger partial charge is 0.379 e. The van der Waals surface area contributed by atoms with Crippen LogP contribution >= 0.6 is 0 Å². The summed E-state index contributed by atoms with van der Waals surface area (Å²) in [5.74, 6) is 1.45. The number of aryl methyl sites for hydroxylation is 3. The number of fused-ring (bicyclic) bond motifs is 2. The first-order valence-electron chi connectivity index (χ1n) is 11.7. The van der Waals surface area contributed by atoms with E-state index in [1.54, 1.807) is 16.2 Å². The number of rotatable bonds is 6. The van der Waals surface area contributed by atoms with E-state index in [0.29, 0.717) is 30.8 Å². The number of pyridine rings is 1. The van der Waals surface area contributed by atoms with Crippen LogP contribution in [0.1, 0.15) is 24.1 Å². The molecule has 0 saturated carbocycles. The SMILES string of the molecule is CO[C@@H](C)[C@H]1CN(c2ccc3c(=O)n(CCc4ccc5nc(C)nn5c4)c(C)nc3c2)CCO1. The first kappa shape index (κ1) is 22.5. The second-order valence-electron chi connectivity index (χ2n) is 8.86. The highest BCUT2D eigenvalue weighted by atomic mass is 16.5. The molecule has 9 nitrogen and oxygen atoms in total. The number of nitrogens with zero attached hydrogens (tertiary/aromatic N) is 6. The number of aromatic nitrogens is 5. The normalized spacial score (nSPS) is 17.5. The Morgan fingerprint density at radius 2 is 2.06 bits per heavy atom. The molecule has 1 fully saturated rings. The molecule has 4 aromatic rings. The molecule has 0 radical (unpaired) electrons. The summed E-state index contributed by atoms with van der Waals surface area (Å²) in [6.45, 7) is 8.52. The van der Waals surface area contributed by atoms with E-state index in [1.165, 1.54) is 0 Å². The lowest BCUT2D eigenvalue weighted by Gasteiger charge is -2.36. The summed E-state index contributed by atoms with van der Waals surface area (Å²) < 4.78 is 14.9. The van der Waals surface area contributed by atoms with Crippen molar-refractivity contribution < 1.29 is 9.47 Å². The maximum Gasteiger partial charge on any atom is 0.261 e. The molecule has 1 aliphatic heterocycles. The fourth-order valence-corrected chi connectivity index (χ4v) is 4.55. The Bertz CT molecular complexity index is 1390. The summed E-state index contributed by atoms with van der Waals surface area (Å²) in [5, 5.41) is 5.01. The van der Waals surface area contributed by atoms with Crippen LogP contribution in [0, 0.1) is 13.8 Å². The van der Waals surface area contributed by atoms with Crippen LogP contribution in [0.5, 0.6) is 0 Å². The van der Waals surface area contributed by atoms with E-state index in [9.17, 15) is 4.79 Å². The number of morpholine rings is 1. The molecule has 34 heavy (non-hydrogen) atoms. The van der Waals surface area contributed by atoms with Gasteiger partial charge in [-0.25, -0.2) is 14.5 Å². The Morgan fingerprint density at radius 1 is 1.21 bits per heavy atom. The summed E-state index contributed by atoms with van der Waals surface area (Å²) in [4.78, 5) is 24.7. The first-order valence-corrected chi connectivity index (χ1v) is 11.7. The van der Waals surface area contributed by atoms with Crippen LogP contribution in [-0.4, -0.2) is 63.2 Å². The highest BCUT2D eigenvalue weighted by Gasteiger charge is 2.26. The van der Waals surface area contributed by atoms with Crippen LogP contribution in [0.15, 0.2) is 41.3 Å². The molecule has 0 aliphatic carbocycles. The summed E-state index contributed by atoms with van der Waals surface area (Å²) in [6, 6.07) is 9.89. The molecule has 178 valence electrons. The Hall–Kier alpha value is -3.30. The van der Waals surface area contributed by atoms with Gasteiger partial charge in [0, 0.05) is 38.6 Å². The zero-order valence-corrected chi connectivity index (χ0v) is 20.1. The highest BCUT2D eigenvalue weighted by molar-refractivity contribution is 5.81. The lowest BCUT2D eigenvalue weighted by atomic mass is 10.1. The first-order chi connectivity index (χ1) is 16.4.